The quantitative estimate of drug-likeness (QED) is 0.0658. The fourth-order valence-corrected chi connectivity index (χ4v) is 8.13. The average Bonchev–Trinajstić information content (AvgIpc) is 3.64. The molecule has 236 valence electrons. The van der Waals surface area contributed by atoms with E-state index in [0.29, 0.717) is 15.7 Å². The largest absolute Gasteiger partial charge is 0.504 e. The summed E-state index contributed by atoms with van der Waals surface area (Å²) in [6, 6.07) is -0.321. The van der Waals surface area contributed by atoms with E-state index in [0.717, 1.165) is 33.4 Å². The Morgan fingerprint density at radius 2 is 1.96 bits per heavy atom. The summed E-state index contributed by atoms with van der Waals surface area (Å²) in [7, 11) is 0. The molecule has 0 aliphatic carbocycles. The molecule has 4 heterocycles. The Hall–Kier alpha value is -4.60. The van der Waals surface area contributed by atoms with E-state index in [1.54, 1.807) is 6.92 Å². The number of rotatable bonds is 9. The molecule has 2 aliphatic heterocycles. The van der Waals surface area contributed by atoms with Crippen LogP contribution in [0.15, 0.2) is 39.2 Å². The van der Waals surface area contributed by atoms with Crippen LogP contribution in [0.25, 0.3) is 0 Å². The molecule has 45 heavy (non-hydrogen) atoms. The van der Waals surface area contributed by atoms with Gasteiger partial charge in [-0.05, 0) is 30.7 Å². The molecule has 1 aromatic carbocycles. The van der Waals surface area contributed by atoms with Gasteiger partial charge in [0, 0.05) is 22.4 Å². The maximum Gasteiger partial charge on any atom is 0.352 e. The van der Waals surface area contributed by atoms with Gasteiger partial charge in [-0.3, -0.25) is 24.7 Å². The van der Waals surface area contributed by atoms with Crippen molar-refractivity contribution in [3.63, 3.8) is 0 Å². The summed E-state index contributed by atoms with van der Waals surface area (Å²) in [6.07, 6.45) is 0. The van der Waals surface area contributed by atoms with E-state index in [1.165, 1.54) is 46.3 Å². The number of carbonyl (C=O) groups excluding carboxylic acids is 4. The fourth-order valence-electron chi connectivity index (χ4n) is 4.24. The standard InChI is InChI=1S/C24H23N9O8S4/c1-8-29-32-24(45-8)44-6-10-5-42-20-15(19(38)33(20)16(10)21(39)40)27-18(37)14(11-7-43-22(25)26-11)28-23(41)31-30-17(36)9-2-3-12(34)13(35)4-9/h2-4,7,14-15,20,34-35H,5-6H2,1H3,(H2,25,26)(H,27,37)(H,30,36)(H,39,40)(H2,28,31,41)/t14?,15?,20-/m1/s1. The Kier molecular flexibility index (Phi) is 9.32. The average molecular weight is 694 g/mol. The molecule has 3 atom stereocenters. The van der Waals surface area contributed by atoms with E-state index in [9.17, 15) is 39.3 Å². The van der Waals surface area contributed by atoms with Crippen LogP contribution in [0.1, 0.15) is 27.1 Å². The topological polar surface area (TPSA) is 262 Å². The lowest BCUT2D eigenvalue weighted by Crippen LogP contribution is -2.71. The lowest BCUT2D eigenvalue weighted by atomic mass is 10.0. The highest BCUT2D eigenvalue weighted by atomic mass is 32.2. The van der Waals surface area contributed by atoms with Gasteiger partial charge in [0.1, 0.15) is 22.1 Å². The molecule has 2 unspecified atom stereocenters. The maximum atomic E-state index is 13.4. The molecule has 5 rings (SSSR count). The van der Waals surface area contributed by atoms with Crippen molar-refractivity contribution in [2.75, 3.05) is 17.2 Å². The minimum absolute atomic E-state index is 0.0530. The van der Waals surface area contributed by atoms with Crippen molar-refractivity contribution in [2.45, 2.75) is 28.7 Å². The van der Waals surface area contributed by atoms with Crippen molar-refractivity contribution in [1.29, 1.82) is 0 Å². The molecule has 3 aromatic rings. The second-order valence-corrected chi connectivity index (χ2v) is 13.7. The van der Waals surface area contributed by atoms with E-state index in [2.05, 4.69) is 36.7 Å². The Morgan fingerprint density at radius 1 is 1.18 bits per heavy atom. The van der Waals surface area contributed by atoms with Crippen molar-refractivity contribution in [3.05, 3.63) is 51.1 Å². The number of aryl methyl sites for hydroxylation is 1. The molecule has 21 heteroatoms. The van der Waals surface area contributed by atoms with E-state index in [-0.39, 0.29) is 27.8 Å². The zero-order chi connectivity index (χ0) is 32.4. The van der Waals surface area contributed by atoms with Crippen LogP contribution >= 0.6 is 46.2 Å². The number of nitrogen functional groups attached to an aromatic ring is 1. The zero-order valence-corrected chi connectivity index (χ0v) is 26.1. The number of nitrogens with one attached hydrogen (secondary N) is 4. The number of hydrazine groups is 1. The first kappa shape index (κ1) is 31.8. The van der Waals surface area contributed by atoms with Gasteiger partial charge in [0.2, 0.25) is 5.91 Å². The fraction of sp³-hybridized carbons (Fsp3) is 0.250. The van der Waals surface area contributed by atoms with Gasteiger partial charge in [0.15, 0.2) is 27.0 Å². The minimum atomic E-state index is -1.46. The number of carboxylic acid groups (broad SMARTS) is 1. The van der Waals surface area contributed by atoms with E-state index in [1.807, 2.05) is 0 Å². The number of carbonyl (C=O) groups is 5. The molecule has 5 amide bonds. The molecule has 0 bridgehead atoms. The number of amides is 5. The van der Waals surface area contributed by atoms with Gasteiger partial charge in [0.25, 0.3) is 11.8 Å². The van der Waals surface area contributed by atoms with E-state index >= 15 is 0 Å². The number of phenols is 2. The summed E-state index contributed by atoms with van der Waals surface area (Å²) in [4.78, 5) is 68.9. The Bertz CT molecular complexity index is 1730. The van der Waals surface area contributed by atoms with Crippen LogP contribution in [0.4, 0.5) is 9.93 Å². The summed E-state index contributed by atoms with van der Waals surface area (Å²) in [6.45, 7) is 1.80. The number of nitrogens with zero attached hydrogens (tertiary/aromatic N) is 4. The van der Waals surface area contributed by atoms with Crippen LogP contribution in [0.5, 0.6) is 11.5 Å². The Balaban J connectivity index is 1.24. The number of anilines is 1. The van der Waals surface area contributed by atoms with Crippen LogP contribution < -0.4 is 27.2 Å². The maximum absolute atomic E-state index is 13.4. The SMILES string of the molecule is Cc1nnc(SCC2=C(C(=O)O)N3C(=O)C(NC(=O)C(NC(=O)NNC(=O)c4ccc(O)c(O)c4)c4csc(N)n4)[C@H]3SC2)s1. The van der Waals surface area contributed by atoms with Crippen LogP contribution in [0.2, 0.25) is 0 Å². The lowest BCUT2D eigenvalue weighted by Gasteiger charge is -2.49. The number of carboxylic acids is 1. The lowest BCUT2D eigenvalue weighted by molar-refractivity contribution is -0.151. The van der Waals surface area contributed by atoms with Gasteiger partial charge in [-0.15, -0.1) is 33.3 Å². The highest BCUT2D eigenvalue weighted by Crippen LogP contribution is 2.42. The zero-order valence-electron chi connectivity index (χ0n) is 22.8. The van der Waals surface area contributed by atoms with Gasteiger partial charge in [-0.2, -0.15) is 0 Å². The van der Waals surface area contributed by atoms with Crippen molar-refractivity contribution in [1.82, 2.24) is 41.6 Å². The van der Waals surface area contributed by atoms with Crippen molar-refractivity contribution < 1.29 is 39.3 Å². The van der Waals surface area contributed by atoms with Crippen LogP contribution in [-0.4, -0.2) is 88.0 Å². The first-order valence-corrected chi connectivity index (χ1v) is 16.4. The van der Waals surface area contributed by atoms with Gasteiger partial charge in [-0.25, -0.2) is 20.0 Å². The van der Waals surface area contributed by atoms with Gasteiger partial charge < -0.3 is 31.7 Å². The molecule has 17 nitrogen and oxygen atoms in total. The smallest absolute Gasteiger partial charge is 0.352 e. The number of hydrogen-bond acceptors (Lipinski definition) is 15. The molecule has 0 spiro atoms. The summed E-state index contributed by atoms with van der Waals surface area (Å²) in [5, 5.41) is 43.4. The Labute approximate surface area is 269 Å². The minimum Gasteiger partial charge on any atom is -0.504 e. The second-order valence-electron chi connectivity index (χ2n) is 9.33. The number of hydrogen-bond donors (Lipinski definition) is 8. The normalized spacial score (nSPS) is 18.0. The van der Waals surface area contributed by atoms with Crippen molar-refractivity contribution in [2.24, 2.45) is 0 Å². The third-order valence-corrected chi connectivity index (χ3v) is 10.4. The molecule has 9 N–H and O–H groups in total. The number of benzene rings is 1. The van der Waals surface area contributed by atoms with Crippen LogP contribution in [0, 0.1) is 6.92 Å². The van der Waals surface area contributed by atoms with Crippen LogP contribution in [0.3, 0.4) is 0 Å². The number of aromatic nitrogens is 3. The number of aliphatic carboxylic acids is 1. The number of thioether (sulfide) groups is 2. The molecule has 1 fully saturated rings. The number of urea groups is 1. The van der Waals surface area contributed by atoms with E-state index in [4.69, 9.17) is 5.73 Å². The first-order chi connectivity index (χ1) is 21.4. The monoisotopic (exact) mass is 693 g/mol. The number of phenolic OH excluding ortho intramolecular Hbond substituents is 2. The highest BCUT2D eigenvalue weighted by molar-refractivity contribution is 8.01. The summed E-state index contributed by atoms with van der Waals surface area (Å²) in [5.74, 6) is -4.01. The number of fused-ring (bicyclic) bond motifs is 1. The molecule has 2 aliphatic rings. The van der Waals surface area contributed by atoms with Gasteiger partial charge in [0.05, 0.1) is 5.69 Å². The number of aromatic hydroxyl groups is 2. The third-order valence-electron chi connectivity index (χ3n) is 6.33. The molecule has 0 saturated carbocycles. The van der Waals surface area contributed by atoms with Crippen molar-refractivity contribution in [3.8, 4) is 11.5 Å². The number of β-lactam (4-membered cyclic amide) rings is 1. The second kappa shape index (κ2) is 13.2. The predicted octanol–water partition coefficient (Wildman–Crippen LogP) is 0.513. The predicted molar refractivity (Wildman–Crippen MR) is 163 cm³/mol. The Morgan fingerprint density at radius 3 is 2.60 bits per heavy atom. The summed E-state index contributed by atoms with van der Waals surface area (Å²) in [5.41, 5.74) is 10.2. The molecule has 0 radical (unpaired) electrons. The van der Waals surface area contributed by atoms with Gasteiger partial charge in [-0.1, -0.05) is 23.1 Å². The van der Waals surface area contributed by atoms with Gasteiger partial charge >= 0.3 is 12.0 Å². The molecular formula is C24H23N9O8S4. The number of nitrogens with two attached hydrogens (primary N) is 1. The third kappa shape index (κ3) is 6.90. The van der Waals surface area contributed by atoms with Crippen LogP contribution in [-0.2, 0) is 14.4 Å². The first-order valence-electron chi connectivity index (χ1n) is 12.7. The summed E-state index contributed by atoms with van der Waals surface area (Å²) < 4.78 is 0.668. The molecule has 1 saturated heterocycles. The highest BCUT2D eigenvalue weighted by Gasteiger charge is 2.54. The summed E-state index contributed by atoms with van der Waals surface area (Å²) >= 11 is 4.97. The van der Waals surface area contributed by atoms with Crippen molar-refractivity contribution >= 4 is 81.1 Å². The molecular weight excluding hydrogens is 671 g/mol. The van der Waals surface area contributed by atoms with E-state index < -0.39 is 58.7 Å². The number of thiazole rings is 1. The molecule has 2 aromatic heterocycles.